The van der Waals surface area contributed by atoms with E-state index in [-0.39, 0.29) is 11.4 Å². The van der Waals surface area contributed by atoms with Gasteiger partial charge in [0.2, 0.25) is 0 Å². The third-order valence-corrected chi connectivity index (χ3v) is 2.96. The number of aromatic nitrogens is 1. The van der Waals surface area contributed by atoms with Gasteiger partial charge in [0.25, 0.3) is 11.6 Å². The number of nitrogens with zero attached hydrogens (tertiary/aromatic N) is 2. The molecular formula is C12H7BrFN3O3. The van der Waals surface area contributed by atoms with Gasteiger partial charge in [-0.1, -0.05) is 0 Å². The summed E-state index contributed by atoms with van der Waals surface area (Å²) in [6, 6.07) is 6.08. The number of carbonyl (C=O) groups is 1. The molecule has 6 nitrogen and oxygen atoms in total. The molecule has 2 aromatic rings. The second-order valence-electron chi connectivity index (χ2n) is 3.74. The van der Waals surface area contributed by atoms with Gasteiger partial charge in [0.15, 0.2) is 0 Å². The van der Waals surface area contributed by atoms with Crippen molar-refractivity contribution in [3.8, 4) is 0 Å². The van der Waals surface area contributed by atoms with Gasteiger partial charge < -0.3 is 5.32 Å². The summed E-state index contributed by atoms with van der Waals surface area (Å²) >= 11 is 3.16. The number of hydrogen-bond acceptors (Lipinski definition) is 4. The van der Waals surface area contributed by atoms with Crippen LogP contribution >= 0.6 is 15.9 Å². The van der Waals surface area contributed by atoms with Crippen LogP contribution in [0.25, 0.3) is 0 Å². The van der Waals surface area contributed by atoms with E-state index in [4.69, 9.17) is 0 Å². The minimum Gasteiger partial charge on any atom is -0.320 e. The number of halogens is 2. The maximum absolute atomic E-state index is 13.2. The molecule has 0 unspecified atom stereocenters. The Morgan fingerprint density at radius 2 is 2.15 bits per heavy atom. The Morgan fingerprint density at radius 3 is 2.80 bits per heavy atom. The number of benzene rings is 1. The highest BCUT2D eigenvalue weighted by Gasteiger charge is 2.15. The van der Waals surface area contributed by atoms with Crippen LogP contribution in [0.4, 0.5) is 15.8 Å². The normalized spacial score (nSPS) is 10.1. The first kappa shape index (κ1) is 14.1. The SMILES string of the molecule is O=C(Nc1cc(F)cc([N+](=O)[O-])c1)c1ncccc1Br. The van der Waals surface area contributed by atoms with Crippen LogP contribution in [-0.2, 0) is 0 Å². The maximum Gasteiger partial charge on any atom is 0.275 e. The zero-order valence-electron chi connectivity index (χ0n) is 9.84. The van der Waals surface area contributed by atoms with Gasteiger partial charge in [0.05, 0.1) is 16.7 Å². The molecule has 0 saturated carbocycles. The number of anilines is 1. The van der Waals surface area contributed by atoms with Crippen molar-refractivity contribution >= 4 is 33.2 Å². The monoisotopic (exact) mass is 339 g/mol. The highest BCUT2D eigenvalue weighted by molar-refractivity contribution is 9.10. The molecule has 0 aliphatic heterocycles. The summed E-state index contributed by atoms with van der Waals surface area (Å²) in [5.74, 6) is -1.41. The average Bonchev–Trinajstić information content (AvgIpc) is 2.38. The fourth-order valence-corrected chi connectivity index (χ4v) is 1.93. The number of nitro groups is 1. The Hall–Kier alpha value is -2.35. The molecule has 0 spiro atoms. The molecule has 1 amide bonds. The zero-order chi connectivity index (χ0) is 14.7. The quantitative estimate of drug-likeness (QED) is 0.687. The number of carbonyl (C=O) groups excluding carboxylic acids is 1. The smallest absolute Gasteiger partial charge is 0.275 e. The van der Waals surface area contributed by atoms with Crippen LogP contribution in [0.1, 0.15) is 10.5 Å². The molecule has 1 N–H and O–H groups in total. The molecule has 0 aliphatic rings. The standard InChI is InChI=1S/C12H7BrFN3O3/c13-10-2-1-3-15-11(10)12(18)16-8-4-7(14)5-9(6-8)17(19)20/h1-6H,(H,16,18). The molecule has 0 saturated heterocycles. The first-order valence-electron chi connectivity index (χ1n) is 5.34. The molecule has 102 valence electrons. The number of hydrogen-bond donors (Lipinski definition) is 1. The van der Waals surface area contributed by atoms with Gasteiger partial charge in [0.1, 0.15) is 11.5 Å². The second-order valence-corrected chi connectivity index (χ2v) is 4.60. The number of amides is 1. The lowest BCUT2D eigenvalue weighted by Crippen LogP contribution is -2.14. The van der Waals surface area contributed by atoms with Crippen LogP contribution in [0.2, 0.25) is 0 Å². The van der Waals surface area contributed by atoms with Gasteiger partial charge in [0, 0.05) is 16.7 Å². The fourth-order valence-electron chi connectivity index (χ4n) is 1.49. The summed E-state index contributed by atoms with van der Waals surface area (Å²) in [6.45, 7) is 0. The first-order valence-corrected chi connectivity index (χ1v) is 6.13. The Balaban J connectivity index is 2.28. The van der Waals surface area contributed by atoms with E-state index in [1.165, 1.54) is 6.20 Å². The zero-order valence-corrected chi connectivity index (χ0v) is 11.4. The van der Waals surface area contributed by atoms with Crippen LogP contribution < -0.4 is 5.32 Å². The summed E-state index contributed by atoms with van der Waals surface area (Å²) in [5, 5.41) is 13.0. The van der Waals surface area contributed by atoms with Gasteiger partial charge in [-0.25, -0.2) is 9.37 Å². The van der Waals surface area contributed by atoms with E-state index < -0.39 is 22.3 Å². The lowest BCUT2D eigenvalue weighted by molar-refractivity contribution is -0.385. The van der Waals surface area contributed by atoms with Crippen molar-refractivity contribution in [1.29, 1.82) is 0 Å². The minimum atomic E-state index is -0.811. The summed E-state index contributed by atoms with van der Waals surface area (Å²) < 4.78 is 13.7. The van der Waals surface area contributed by atoms with Crippen LogP contribution in [-0.4, -0.2) is 15.8 Å². The molecule has 0 fully saturated rings. The van der Waals surface area contributed by atoms with E-state index in [1.54, 1.807) is 12.1 Å². The van der Waals surface area contributed by atoms with Gasteiger partial charge >= 0.3 is 0 Å². The molecule has 0 radical (unpaired) electrons. The summed E-state index contributed by atoms with van der Waals surface area (Å²) in [7, 11) is 0. The molecule has 2 rings (SSSR count). The Kier molecular flexibility index (Phi) is 4.04. The molecule has 1 aromatic carbocycles. The lowest BCUT2D eigenvalue weighted by atomic mass is 10.2. The van der Waals surface area contributed by atoms with Crippen molar-refractivity contribution in [2.24, 2.45) is 0 Å². The number of nitro benzene ring substituents is 1. The highest BCUT2D eigenvalue weighted by Crippen LogP contribution is 2.21. The largest absolute Gasteiger partial charge is 0.320 e. The predicted octanol–water partition coefficient (Wildman–Crippen LogP) is 3.14. The van der Waals surface area contributed by atoms with E-state index >= 15 is 0 Å². The summed E-state index contributed by atoms with van der Waals surface area (Å²) in [5.41, 5.74) is -0.362. The average molecular weight is 340 g/mol. The van der Waals surface area contributed by atoms with Crippen molar-refractivity contribution < 1.29 is 14.1 Å². The van der Waals surface area contributed by atoms with Gasteiger partial charge in [-0.05, 0) is 34.1 Å². The molecule has 20 heavy (non-hydrogen) atoms. The number of non-ortho nitro benzene ring substituents is 1. The van der Waals surface area contributed by atoms with Crippen LogP contribution in [0.3, 0.4) is 0 Å². The van der Waals surface area contributed by atoms with Crippen molar-refractivity contribution in [3.63, 3.8) is 0 Å². The van der Waals surface area contributed by atoms with Crippen molar-refractivity contribution in [3.05, 3.63) is 62.6 Å². The van der Waals surface area contributed by atoms with Crippen LogP contribution in [0, 0.1) is 15.9 Å². The highest BCUT2D eigenvalue weighted by atomic mass is 79.9. The van der Waals surface area contributed by atoms with Crippen LogP contribution in [0.15, 0.2) is 41.0 Å². The molecule has 0 atom stereocenters. The number of nitrogens with one attached hydrogen (secondary N) is 1. The first-order chi connectivity index (χ1) is 9.47. The van der Waals surface area contributed by atoms with Crippen molar-refractivity contribution in [2.45, 2.75) is 0 Å². The Labute approximate surface area is 120 Å². The molecular weight excluding hydrogens is 333 g/mol. The van der Waals surface area contributed by atoms with Gasteiger partial charge in [-0.15, -0.1) is 0 Å². The fraction of sp³-hybridized carbons (Fsp3) is 0. The third-order valence-electron chi connectivity index (χ3n) is 2.32. The topological polar surface area (TPSA) is 85.1 Å². The third kappa shape index (κ3) is 3.15. The number of rotatable bonds is 3. The molecule has 1 aromatic heterocycles. The lowest BCUT2D eigenvalue weighted by Gasteiger charge is -2.06. The van der Waals surface area contributed by atoms with Gasteiger partial charge in [-0.3, -0.25) is 14.9 Å². The Morgan fingerprint density at radius 1 is 1.40 bits per heavy atom. The van der Waals surface area contributed by atoms with Crippen molar-refractivity contribution in [1.82, 2.24) is 4.98 Å². The van der Waals surface area contributed by atoms with Crippen LogP contribution in [0.5, 0.6) is 0 Å². The summed E-state index contributed by atoms with van der Waals surface area (Å²) in [6.07, 6.45) is 1.42. The van der Waals surface area contributed by atoms with E-state index in [1.807, 2.05) is 0 Å². The molecule has 1 heterocycles. The minimum absolute atomic E-state index is 0.0146. The summed E-state index contributed by atoms with van der Waals surface area (Å²) in [4.78, 5) is 25.7. The Bertz CT molecular complexity index is 693. The van der Waals surface area contributed by atoms with Crippen molar-refractivity contribution in [2.75, 3.05) is 5.32 Å². The van der Waals surface area contributed by atoms with E-state index in [0.29, 0.717) is 4.47 Å². The van der Waals surface area contributed by atoms with E-state index in [2.05, 4.69) is 26.2 Å². The predicted molar refractivity (Wildman–Crippen MR) is 72.9 cm³/mol. The second kappa shape index (κ2) is 5.74. The maximum atomic E-state index is 13.2. The molecule has 0 bridgehead atoms. The number of pyridine rings is 1. The van der Waals surface area contributed by atoms with E-state index in [0.717, 1.165) is 18.2 Å². The molecule has 0 aliphatic carbocycles. The molecule has 8 heteroatoms. The van der Waals surface area contributed by atoms with Gasteiger partial charge in [-0.2, -0.15) is 0 Å². The van der Waals surface area contributed by atoms with E-state index in [9.17, 15) is 19.3 Å².